The number of nitrogens with zero attached hydrogens (tertiary/aromatic N) is 2. The van der Waals surface area contributed by atoms with Crippen molar-refractivity contribution in [1.29, 1.82) is 0 Å². The molecule has 0 radical (unpaired) electrons. The molecule has 4 nitrogen and oxygen atoms in total. The van der Waals surface area contributed by atoms with Gasteiger partial charge in [-0.2, -0.15) is 0 Å². The van der Waals surface area contributed by atoms with Crippen molar-refractivity contribution in [2.24, 2.45) is 11.8 Å². The molecule has 0 aromatic carbocycles. The fourth-order valence-corrected chi connectivity index (χ4v) is 3.79. The summed E-state index contributed by atoms with van der Waals surface area (Å²) in [7, 11) is 0. The van der Waals surface area contributed by atoms with E-state index < -0.39 is 5.97 Å². The first-order valence-corrected chi connectivity index (χ1v) is 7.13. The van der Waals surface area contributed by atoms with Gasteiger partial charge in [-0.3, -0.25) is 4.79 Å². The van der Waals surface area contributed by atoms with Crippen LogP contribution in [0.2, 0.25) is 0 Å². The first-order valence-electron chi connectivity index (χ1n) is 6.25. The van der Waals surface area contributed by atoms with E-state index in [1.54, 1.807) is 6.20 Å². The molecule has 1 aromatic rings. The van der Waals surface area contributed by atoms with E-state index in [9.17, 15) is 9.90 Å². The smallest absolute Gasteiger partial charge is 0.307 e. The average Bonchev–Trinajstić information content (AvgIpc) is 2.28. The molecule has 98 valence electrons. The number of carboxylic acid groups (broad SMARTS) is 1. The zero-order valence-electron chi connectivity index (χ0n) is 10.7. The van der Waals surface area contributed by atoms with Crippen LogP contribution in [0.5, 0.6) is 0 Å². The van der Waals surface area contributed by atoms with Crippen LogP contribution in [0.4, 0.5) is 0 Å². The first kappa shape index (κ1) is 13.3. The summed E-state index contributed by atoms with van der Waals surface area (Å²) in [5, 5.41) is 10.1. The maximum atomic E-state index is 11.3. The second-order valence-electron chi connectivity index (χ2n) is 5.00. The Balaban J connectivity index is 2.11. The largest absolute Gasteiger partial charge is 0.481 e. The molecular formula is C13H18N2O2S. The average molecular weight is 266 g/mol. The highest BCUT2D eigenvalue weighted by Crippen LogP contribution is 2.38. The molecule has 1 heterocycles. The number of aromatic nitrogens is 2. The predicted molar refractivity (Wildman–Crippen MR) is 70.6 cm³/mol. The van der Waals surface area contributed by atoms with Gasteiger partial charge < -0.3 is 5.11 Å². The van der Waals surface area contributed by atoms with Crippen molar-refractivity contribution in [2.75, 3.05) is 0 Å². The van der Waals surface area contributed by atoms with Gasteiger partial charge in [-0.25, -0.2) is 9.97 Å². The minimum absolute atomic E-state index is 0.0908. The summed E-state index contributed by atoms with van der Waals surface area (Å²) >= 11 is 1.52. The number of thioether (sulfide) groups is 1. The van der Waals surface area contributed by atoms with Gasteiger partial charge in [0, 0.05) is 17.1 Å². The highest BCUT2D eigenvalue weighted by Gasteiger charge is 2.34. The second kappa shape index (κ2) is 5.69. The van der Waals surface area contributed by atoms with E-state index in [1.165, 1.54) is 11.8 Å². The molecule has 18 heavy (non-hydrogen) atoms. The molecule has 2 rings (SSSR count). The van der Waals surface area contributed by atoms with Gasteiger partial charge in [-0.05, 0) is 38.2 Å². The molecule has 3 unspecified atom stereocenters. The Labute approximate surface area is 111 Å². The fraction of sp³-hybridized carbons (Fsp3) is 0.615. The molecule has 1 aromatic heterocycles. The molecule has 1 aliphatic carbocycles. The summed E-state index contributed by atoms with van der Waals surface area (Å²) in [4.78, 5) is 19.8. The van der Waals surface area contributed by atoms with Gasteiger partial charge in [-0.15, -0.1) is 0 Å². The number of rotatable bonds is 3. The number of carboxylic acids is 1. The zero-order chi connectivity index (χ0) is 13.1. The van der Waals surface area contributed by atoms with E-state index in [2.05, 4.69) is 16.9 Å². The molecule has 0 aliphatic heterocycles. The van der Waals surface area contributed by atoms with Crippen molar-refractivity contribution in [1.82, 2.24) is 9.97 Å². The second-order valence-corrected chi connectivity index (χ2v) is 6.21. The van der Waals surface area contributed by atoms with Gasteiger partial charge >= 0.3 is 5.97 Å². The summed E-state index contributed by atoms with van der Waals surface area (Å²) < 4.78 is 0. The normalized spacial score (nSPS) is 28.0. The van der Waals surface area contributed by atoms with Gasteiger partial charge in [0.15, 0.2) is 5.16 Å². The lowest BCUT2D eigenvalue weighted by Crippen LogP contribution is -2.32. The number of hydrogen-bond acceptors (Lipinski definition) is 4. The minimum atomic E-state index is -0.688. The lowest BCUT2D eigenvalue weighted by molar-refractivity contribution is -0.142. The van der Waals surface area contributed by atoms with E-state index in [4.69, 9.17) is 0 Å². The molecule has 1 saturated carbocycles. The van der Waals surface area contributed by atoms with Crippen LogP contribution in [-0.2, 0) is 4.79 Å². The lowest BCUT2D eigenvalue weighted by atomic mass is 9.82. The van der Waals surface area contributed by atoms with Gasteiger partial charge in [0.2, 0.25) is 0 Å². The molecule has 0 bridgehead atoms. The van der Waals surface area contributed by atoms with E-state index in [0.717, 1.165) is 25.0 Å². The number of hydrogen-bond donors (Lipinski definition) is 1. The Morgan fingerprint density at radius 1 is 1.50 bits per heavy atom. The third-order valence-corrected chi connectivity index (χ3v) is 4.63. The van der Waals surface area contributed by atoms with E-state index >= 15 is 0 Å². The van der Waals surface area contributed by atoms with Crippen molar-refractivity contribution in [2.45, 2.75) is 43.5 Å². The van der Waals surface area contributed by atoms with Crippen LogP contribution in [0.1, 0.15) is 31.9 Å². The van der Waals surface area contributed by atoms with Crippen molar-refractivity contribution < 1.29 is 9.90 Å². The summed E-state index contributed by atoms with van der Waals surface area (Å²) in [5.41, 5.74) is 0.920. The topological polar surface area (TPSA) is 63.1 Å². The van der Waals surface area contributed by atoms with E-state index in [-0.39, 0.29) is 11.2 Å². The maximum Gasteiger partial charge on any atom is 0.307 e. The van der Waals surface area contributed by atoms with Crippen LogP contribution < -0.4 is 0 Å². The lowest BCUT2D eigenvalue weighted by Gasteiger charge is -2.31. The molecule has 0 saturated heterocycles. The Morgan fingerprint density at radius 2 is 2.28 bits per heavy atom. The van der Waals surface area contributed by atoms with Gasteiger partial charge in [0.25, 0.3) is 0 Å². The molecule has 1 fully saturated rings. The molecule has 1 aliphatic rings. The van der Waals surface area contributed by atoms with Crippen LogP contribution in [0.25, 0.3) is 0 Å². The molecule has 0 amide bonds. The van der Waals surface area contributed by atoms with Crippen molar-refractivity contribution >= 4 is 17.7 Å². The molecule has 3 atom stereocenters. The van der Waals surface area contributed by atoms with Crippen molar-refractivity contribution in [3.63, 3.8) is 0 Å². The Bertz CT molecular complexity index is 439. The van der Waals surface area contributed by atoms with E-state index in [1.807, 2.05) is 13.0 Å². The van der Waals surface area contributed by atoms with Crippen LogP contribution >= 0.6 is 11.8 Å². The minimum Gasteiger partial charge on any atom is -0.481 e. The predicted octanol–water partition coefficient (Wildman–Crippen LogP) is 2.77. The summed E-state index contributed by atoms with van der Waals surface area (Å²) in [6.45, 7) is 4.10. The fourth-order valence-electron chi connectivity index (χ4n) is 2.36. The molecule has 0 spiro atoms. The standard InChI is InChI=1S/C13H18N2O2S/c1-8-3-4-10(12(16)17)11(7-8)18-13-14-6-5-9(2)15-13/h5-6,8,10-11H,3-4,7H2,1-2H3,(H,16,17). The number of carbonyl (C=O) groups is 1. The van der Waals surface area contributed by atoms with E-state index in [0.29, 0.717) is 11.1 Å². The third-order valence-electron chi connectivity index (χ3n) is 3.40. The Kier molecular flexibility index (Phi) is 4.22. The monoisotopic (exact) mass is 266 g/mol. The van der Waals surface area contributed by atoms with Gasteiger partial charge in [-0.1, -0.05) is 18.7 Å². The summed E-state index contributed by atoms with van der Waals surface area (Å²) in [5.74, 6) is -0.370. The first-order chi connectivity index (χ1) is 8.56. The van der Waals surface area contributed by atoms with Gasteiger partial charge in [0.05, 0.1) is 5.92 Å². The SMILES string of the molecule is Cc1ccnc(SC2CC(C)CCC2C(=O)O)n1. The van der Waals surface area contributed by atoms with Crippen LogP contribution in [0.15, 0.2) is 17.4 Å². The Morgan fingerprint density at radius 3 is 2.94 bits per heavy atom. The third kappa shape index (κ3) is 3.22. The summed E-state index contributed by atoms with van der Waals surface area (Å²) in [6, 6.07) is 1.85. The number of aliphatic carboxylic acids is 1. The maximum absolute atomic E-state index is 11.3. The zero-order valence-corrected chi connectivity index (χ0v) is 11.5. The molecule has 5 heteroatoms. The van der Waals surface area contributed by atoms with Crippen LogP contribution in [-0.4, -0.2) is 26.3 Å². The number of aryl methyl sites for hydroxylation is 1. The quantitative estimate of drug-likeness (QED) is 0.852. The van der Waals surface area contributed by atoms with Gasteiger partial charge in [0.1, 0.15) is 0 Å². The summed E-state index contributed by atoms with van der Waals surface area (Å²) in [6.07, 6.45) is 4.42. The van der Waals surface area contributed by atoms with Crippen LogP contribution in [0, 0.1) is 18.8 Å². The molecule has 1 N–H and O–H groups in total. The highest BCUT2D eigenvalue weighted by atomic mass is 32.2. The highest BCUT2D eigenvalue weighted by molar-refractivity contribution is 7.99. The molecular weight excluding hydrogens is 248 g/mol. The Hall–Kier alpha value is -1.10. The van der Waals surface area contributed by atoms with Crippen molar-refractivity contribution in [3.05, 3.63) is 18.0 Å². The van der Waals surface area contributed by atoms with Crippen LogP contribution in [0.3, 0.4) is 0 Å². The van der Waals surface area contributed by atoms with Crippen molar-refractivity contribution in [3.8, 4) is 0 Å².